The summed E-state index contributed by atoms with van der Waals surface area (Å²) < 4.78 is 5.29. The van der Waals surface area contributed by atoms with Gasteiger partial charge >= 0.3 is 0 Å². The molecule has 0 saturated carbocycles. The lowest BCUT2D eigenvalue weighted by atomic mass is 10.1. The van der Waals surface area contributed by atoms with Crippen LogP contribution in [0.15, 0.2) is 18.3 Å². The molecule has 0 fully saturated rings. The van der Waals surface area contributed by atoms with Crippen molar-refractivity contribution in [1.82, 2.24) is 9.88 Å². The van der Waals surface area contributed by atoms with Crippen LogP contribution in [0, 0.1) is 5.92 Å². The highest BCUT2D eigenvalue weighted by atomic mass is 32.1. The zero-order chi connectivity index (χ0) is 14.3. The van der Waals surface area contributed by atoms with Crippen molar-refractivity contribution in [3.8, 4) is 5.88 Å². The SMILES string of the molecule is COc1ncccc1CN(CCC(N)=S)CC(C)C. The third kappa shape index (κ3) is 5.98. The van der Waals surface area contributed by atoms with E-state index in [-0.39, 0.29) is 0 Å². The Hall–Kier alpha value is -1.20. The van der Waals surface area contributed by atoms with Gasteiger partial charge in [-0.3, -0.25) is 4.90 Å². The number of rotatable bonds is 8. The predicted octanol–water partition coefficient (Wildman–Crippen LogP) is 2.22. The zero-order valence-corrected chi connectivity index (χ0v) is 12.7. The summed E-state index contributed by atoms with van der Waals surface area (Å²) >= 11 is 4.95. The molecular formula is C14H23N3OS. The van der Waals surface area contributed by atoms with Gasteiger partial charge in [-0.25, -0.2) is 4.98 Å². The molecule has 0 amide bonds. The highest BCUT2D eigenvalue weighted by molar-refractivity contribution is 7.80. The van der Waals surface area contributed by atoms with Gasteiger partial charge < -0.3 is 10.5 Å². The van der Waals surface area contributed by atoms with Gasteiger partial charge in [0.05, 0.1) is 12.1 Å². The average Bonchev–Trinajstić information content (AvgIpc) is 2.36. The first-order valence-electron chi connectivity index (χ1n) is 6.51. The van der Waals surface area contributed by atoms with Gasteiger partial charge in [0.15, 0.2) is 0 Å². The number of nitrogens with two attached hydrogens (primary N) is 1. The van der Waals surface area contributed by atoms with Crippen LogP contribution in [0.1, 0.15) is 25.8 Å². The van der Waals surface area contributed by atoms with E-state index in [0.29, 0.717) is 16.8 Å². The van der Waals surface area contributed by atoms with E-state index in [0.717, 1.165) is 31.6 Å². The minimum Gasteiger partial charge on any atom is -0.481 e. The van der Waals surface area contributed by atoms with Crippen LogP contribution in [0.4, 0.5) is 0 Å². The van der Waals surface area contributed by atoms with Gasteiger partial charge in [0.25, 0.3) is 0 Å². The Labute approximate surface area is 121 Å². The maximum Gasteiger partial charge on any atom is 0.217 e. The van der Waals surface area contributed by atoms with Crippen LogP contribution >= 0.6 is 12.2 Å². The van der Waals surface area contributed by atoms with Crippen LogP contribution in [0.25, 0.3) is 0 Å². The molecule has 19 heavy (non-hydrogen) atoms. The number of aromatic nitrogens is 1. The van der Waals surface area contributed by atoms with E-state index in [1.54, 1.807) is 13.3 Å². The molecule has 4 nitrogen and oxygen atoms in total. The van der Waals surface area contributed by atoms with Gasteiger partial charge in [0.1, 0.15) is 0 Å². The number of pyridine rings is 1. The molecule has 5 heteroatoms. The number of hydrogen-bond donors (Lipinski definition) is 1. The number of nitrogens with zero attached hydrogens (tertiary/aromatic N) is 2. The Morgan fingerprint density at radius 3 is 2.84 bits per heavy atom. The maximum absolute atomic E-state index is 5.59. The largest absolute Gasteiger partial charge is 0.481 e. The first-order chi connectivity index (χ1) is 9.02. The van der Waals surface area contributed by atoms with E-state index in [1.165, 1.54) is 0 Å². The van der Waals surface area contributed by atoms with Gasteiger partial charge in [-0.2, -0.15) is 0 Å². The Bertz CT molecular complexity index is 409. The normalized spacial score (nSPS) is 11.0. The molecule has 0 aliphatic carbocycles. The van der Waals surface area contributed by atoms with E-state index in [1.807, 2.05) is 12.1 Å². The van der Waals surface area contributed by atoms with Gasteiger partial charge in [-0.05, 0) is 12.0 Å². The standard InChI is InChI=1S/C14H23N3OS/c1-11(2)9-17(8-6-13(15)19)10-12-5-4-7-16-14(12)18-3/h4-5,7,11H,6,8-10H2,1-3H3,(H2,15,19). The molecule has 0 atom stereocenters. The van der Waals surface area contributed by atoms with Crippen LogP contribution in [-0.4, -0.2) is 35.1 Å². The lowest BCUT2D eigenvalue weighted by Crippen LogP contribution is -2.30. The summed E-state index contributed by atoms with van der Waals surface area (Å²) in [6.45, 7) is 7.08. The summed E-state index contributed by atoms with van der Waals surface area (Å²) in [5.41, 5.74) is 6.68. The van der Waals surface area contributed by atoms with Crippen molar-refractivity contribution in [2.75, 3.05) is 20.2 Å². The lowest BCUT2D eigenvalue weighted by molar-refractivity contribution is 0.238. The van der Waals surface area contributed by atoms with E-state index in [9.17, 15) is 0 Å². The van der Waals surface area contributed by atoms with Crippen molar-refractivity contribution >= 4 is 17.2 Å². The summed E-state index contributed by atoms with van der Waals surface area (Å²) in [4.78, 5) is 7.12. The minimum absolute atomic E-state index is 0.562. The number of ether oxygens (including phenoxy) is 1. The highest BCUT2D eigenvalue weighted by Crippen LogP contribution is 2.17. The minimum atomic E-state index is 0.562. The van der Waals surface area contributed by atoms with E-state index in [2.05, 4.69) is 23.7 Å². The van der Waals surface area contributed by atoms with E-state index in [4.69, 9.17) is 22.7 Å². The van der Waals surface area contributed by atoms with Crippen molar-refractivity contribution in [1.29, 1.82) is 0 Å². The van der Waals surface area contributed by atoms with Gasteiger partial charge in [-0.15, -0.1) is 0 Å². The van der Waals surface area contributed by atoms with Crippen LogP contribution in [0.3, 0.4) is 0 Å². The molecule has 2 N–H and O–H groups in total. The van der Waals surface area contributed by atoms with Crippen molar-refractivity contribution in [3.05, 3.63) is 23.9 Å². The van der Waals surface area contributed by atoms with Crippen molar-refractivity contribution in [2.45, 2.75) is 26.8 Å². The summed E-state index contributed by atoms with van der Waals surface area (Å²) in [6.07, 6.45) is 2.48. The summed E-state index contributed by atoms with van der Waals surface area (Å²) in [6, 6.07) is 3.97. The Morgan fingerprint density at radius 2 is 2.26 bits per heavy atom. The monoisotopic (exact) mass is 281 g/mol. The van der Waals surface area contributed by atoms with Crippen molar-refractivity contribution < 1.29 is 4.74 Å². The smallest absolute Gasteiger partial charge is 0.217 e. The first-order valence-corrected chi connectivity index (χ1v) is 6.92. The molecule has 0 saturated heterocycles. The number of methoxy groups -OCH3 is 1. The second-order valence-corrected chi connectivity index (χ2v) is 5.54. The molecule has 0 aliphatic rings. The second-order valence-electron chi connectivity index (χ2n) is 5.02. The van der Waals surface area contributed by atoms with Gasteiger partial charge in [-0.1, -0.05) is 32.1 Å². The van der Waals surface area contributed by atoms with E-state index < -0.39 is 0 Å². The average molecular weight is 281 g/mol. The Balaban J connectivity index is 2.72. The van der Waals surface area contributed by atoms with Crippen molar-refractivity contribution in [2.24, 2.45) is 11.7 Å². The number of hydrogen-bond acceptors (Lipinski definition) is 4. The van der Waals surface area contributed by atoms with Crippen molar-refractivity contribution in [3.63, 3.8) is 0 Å². The van der Waals surface area contributed by atoms with Crippen LogP contribution < -0.4 is 10.5 Å². The summed E-state index contributed by atoms with van der Waals surface area (Å²) in [7, 11) is 1.65. The molecule has 0 unspecified atom stereocenters. The van der Waals surface area contributed by atoms with Gasteiger partial charge in [0, 0.05) is 37.8 Å². The molecule has 0 aliphatic heterocycles. The molecule has 1 aromatic heterocycles. The first kappa shape index (κ1) is 15.9. The Morgan fingerprint density at radius 1 is 1.53 bits per heavy atom. The number of thiocarbonyl (C=S) groups is 1. The highest BCUT2D eigenvalue weighted by Gasteiger charge is 2.12. The molecule has 1 rings (SSSR count). The summed E-state index contributed by atoms with van der Waals surface area (Å²) in [5, 5.41) is 0. The van der Waals surface area contributed by atoms with E-state index >= 15 is 0 Å². The molecule has 106 valence electrons. The Kier molecular flexibility index (Phi) is 6.73. The van der Waals surface area contributed by atoms with Crippen LogP contribution in [-0.2, 0) is 6.54 Å². The molecule has 1 aromatic rings. The molecular weight excluding hydrogens is 258 g/mol. The lowest BCUT2D eigenvalue weighted by Gasteiger charge is -2.24. The molecule has 1 heterocycles. The molecule has 0 radical (unpaired) electrons. The molecule has 0 aromatic carbocycles. The second kappa shape index (κ2) is 8.07. The van der Waals surface area contributed by atoms with Crippen LogP contribution in [0.2, 0.25) is 0 Å². The van der Waals surface area contributed by atoms with Crippen LogP contribution in [0.5, 0.6) is 5.88 Å². The maximum atomic E-state index is 5.59. The molecule has 0 bridgehead atoms. The fourth-order valence-electron chi connectivity index (χ4n) is 1.99. The molecule has 0 spiro atoms. The quantitative estimate of drug-likeness (QED) is 0.741. The fourth-order valence-corrected chi connectivity index (χ4v) is 2.08. The summed E-state index contributed by atoms with van der Waals surface area (Å²) in [5.74, 6) is 1.28. The zero-order valence-electron chi connectivity index (χ0n) is 11.9. The topological polar surface area (TPSA) is 51.4 Å². The fraction of sp³-hybridized carbons (Fsp3) is 0.571. The third-order valence-electron chi connectivity index (χ3n) is 2.74. The van der Waals surface area contributed by atoms with Gasteiger partial charge in [0.2, 0.25) is 5.88 Å². The third-order valence-corrected chi connectivity index (χ3v) is 2.94. The predicted molar refractivity (Wildman–Crippen MR) is 82.3 cm³/mol.